The lowest BCUT2D eigenvalue weighted by molar-refractivity contribution is 0.590. The fourth-order valence-corrected chi connectivity index (χ4v) is 12.1. The normalized spacial score (nSPS) is 14.4. The molecule has 0 bridgehead atoms. The summed E-state index contributed by atoms with van der Waals surface area (Å²) in [6.07, 6.45) is 0. The summed E-state index contributed by atoms with van der Waals surface area (Å²) in [4.78, 5) is 5.02. The summed E-state index contributed by atoms with van der Waals surface area (Å²) in [5, 5.41) is 3.56. The molecule has 0 saturated heterocycles. The standard InChI is InChI=1S/C62H54BN3O/c1-37-34-51-57-52(35-37)66-58-45(55-43-16-10-12-19-46(43)62(8,9)59(55)66)18-14-20-48(58)63(57)47-33-32-42(36-50(47)65(51)49-21-15-23-54-56(49)44-17-11-13-22-53(44)67-54)64(40-28-24-38(25-29-40)60(2,3)4)41-30-26-39(27-31-41)61(5,6)7/h10-36H,1-9H3. The van der Waals surface area contributed by atoms with Crippen LogP contribution in [0.2, 0.25) is 0 Å². The van der Waals surface area contributed by atoms with Gasteiger partial charge in [0.25, 0.3) is 6.71 Å². The highest BCUT2D eigenvalue weighted by molar-refractivity contribution is 7.00. The molecule has 0 spiro atoms. The van der Waals surface area contributed by atoms with E-state index in [4.69, 9.17) is 4.42 Å². The SMILES string of the molecule is Cc1cc2c3c(c1)-n1c4c(c5cccc(c51)B3c1ccc(N(c3ccc(C(C)(C)C)cc3)c3ccc(C(C)(C)C)cc3)cc1N2c1cccc2oc3ccccc3c12)-c1ccccc1C4(C)C. The van der Waals surface area contributed by atoms with E-state index in [1.54, 1.807) is 0 Å². The summed E-state index contributed by atoms with van der Waals surface area (Å²) < 4.78 is 9.31. The number of hydrogen-bond donors (Lipinski definition) is 0. The first-order chi connectivity index (χ1) is 32.2. The lowest BCUT2D eigenvalue weighted by Crippen LogP contribution is -2.60. The van der Waals surface area contributed by atoms with Crippen LogP contribution in [0, 0.1) is 6.92 Å². The van der Waals surface area contributed by atoms with Crippen molar-refractivity contribution >= 4 is 90.1 Å². The molecule has 10 aromatic rings. The van der Waals surface area contributed by atoms with Crippen LogP contribution >= 0.6 is 0 Å². The first-order valence-corrected chi connectivity index (χ1v) is 24.0. The zero-order valence-electron chi connectivity index (χ0n) is 39.9. The fourth-order valence-electron chi connectivity index (χ4n) is 12.1. The molecule has 13 rings (SSSR count). The highest BCUT2D eigenvalue weighted by Gasteiger charge is 2.47. The molecule has 67 heavy (non-hydrogen) atoms. The number of aryl methyl sites for hydroxylation is 1. The number of aromatic nitrogens is 1. The second-order valence-electron chi connectivity index (χ2n) is 21.9. The molecule has 0 radical (unpaired) electrons. The van der Waals surface area contributed by atoms with E-state index in [2.05, 4.69) is 240 Å². The van der Waals surface area contributed by atoms with Crippen LogP contribution < -0.4 is 26.2 Å². The zero-order valence-corrected chi connectivity index (χ0v) is 39.9. The topological polar surface area (TPSA) is 24.6 Å². The van der Waals surface area contributed by atoms with Gasteiger partial charge in [-0.3, -0.25) is 0 Å². The average Bonchev–Trinajstić information content (AvgIpc) is 3.95. The van der Waals surface area contributed by atoms with E-state index >= 15 is 0 Å². The second-order valence-corrected chi connectivity index (χ2v) is 21.9. The maximum Gasteiger partial charge on any atom is 0.252 e. The Hall–Kier alpha value is -7.24. The van der Waals surface area contributed by atoms with Crippen LogP contribution in [-0.4, -0.2) is 11.3 Å². The summed E-state index contributed by atoms with van der Waals surface area (Å²) >= 11 is 0. The molecule has 326 valence electrons. The van der Waals surface area contributed by atoms with Crippen molar-refractivity contribution in [3.63, 3.8) is 0 Å². The van der Waals surface area contributed by atoms with Crippen molar-refractivity contribution in [1.82, 2.24) is 4.57 Å². The number of benzene rings is 8. The van der Waals surface area contributed by atoms with Gasteiger partial charge in [-0.1, -0.05) is 152 Å². The Balaban J connectivity index is 1.12. The highest BCUT2D eigenvalue weighted by atomic mass is 16.3. The fraction of sp³-hybridized carbons (Fsp3) is 0.194. The number of furan rings is 1. The molecule has 1 aliphatic carbocycles. The Morgan fingerprint density at radius 3 is 1.87 bits per heavy atom. The van der Waals surface area contributed by atoms with Gasteiger partial charge in [-0.2, -0.15) is 0 Å². The van der Waals surface area contributed by atoms with E-state index in [1.165, 1.54) is 83.4 Å². The molecule has 0 atom stereocenters. The number of para-hydroxylation sites is 2. The molecule has 2 aromatic heterocycles. The number of fused-ring (bicyclic) bond motifs is 12. The summed E-state index contributed by atoms with van der Waals surface area (Å²) in [6, 6.07) is 61.8. The lowest BCUT2D eigenvalue weighted by Gasteiger charge is -2.42. The molecule has 0 unspecified atom stereocenters. The number of anilines is 6. The van der Waals surface area contributed by atoms with E-state index in [0.29, 0.717) is 0 Å². The summed E-state index contributed by atoms with van der Waals surface area (Å²) in [7, 11) is 0. The summed E-state index contributed by atoms with van der Waals surface area (Å²) in [6.45, 7) is 20.8. The van der Waals surface area contributed by atoms with E-state index in [9.17, 15) is 0 Å². The van der Waals surface area contributed by atoms with Crippen LogP contribution in [0.3, 0.4) is 0 Å². The minimum absolute atomic E-state index is 0.00127. The van der Waals surface area contributed by atoms with Gasteiger partial charge in [0.15, 0.2) is 0 Å². The molecule has 4 heterocycles. The van der Waals surface area contributed by atoms with Crippen LogP contribution in [0.5, 0.6) is 0 Å². The van der Waals surface area contributed by atoms with Crippen LogP contribution in [0.25, 0.3) is 49.7 Å². The molecule has 3 aliphatic rings. The third-order valence-electron chi connectivity index (χ3n) is 15.3. The maximum absolute atomic E-state index is 6.64. The van der Waals surface area contributed by atoms with E-state index in [1.807, 2.05) is 0 Å². The third-order valence-corrected chi connectivity index (χ3v) is 15.3. The average molecular weight is 868 g/mol. The molecular formula is C62H54BN3O. The molecule has 0 N–H and O–H groups in total. The number of nitrogens with zero attached hydrogens (tertiary/aromatic N) is 3. The van der Waals surface area contributed by atoms with Crippen molar-refractivity contribution in [3.05, 3.63) is 192 Å². The molecule has 4 nitrogen and oxygen atoms in total. The van der Waals surface area contributed by atoms with Crippen LogP contribution in [0.4, 0.5) is 34.1 Å². The maximum atomic E-state index is 6.64. The second kappa shape index (κ2) is 13.7. The van der Waals surface area contributed by atoms with Gasteiger partial charge in [-0.05, 0) is 129 Å². The Labute approximate surface area is 394 Å². The van der Waals surface area contributed by atoms with E-state index in [0.717, 1.165) is 44.7 Å². The van der Waals surface area contributed by atoms with Gasteiger partial charge in [-0.15, -0.1) is 0 Å². The largest absolute Gasteiger partial charge is 0.456 e. The third kappa shape index (κ3) is 5.61. The van der Waals surface area contributed by atoms with Crippen LogP contribution in [0.15, 0.2) is 168 Å². The van der Waals surface area contributed by atoms with Gasteiger partial charge >= 0.3 is 0 Å². The molecular weight excluding hydrogens is 814 g/mol. The van der Waals surface area contributed by atoms with Crippen molar-refractivity contribution in [3.8, 4) is 16.8 Å². The summed E-state index contributed by atoms with van der Waals surface area (Å²) in [5.74, 6) is 0. The first-order valence-electron chi connectivity index (χ1n) is 24.0. The van der Waals surface area contributed by atoms with Gasteiger partial charge in [-0.25, -0.2) is 0 Å². The van der Waals surface area contributed by atoms with Crippen molar-refractivity contribution in [2.75, 3.05) is 9.80 Å². The van der Waals surface area contributed by atoms with Gasteiger partial charge in [0.1, 0.15) is 11.2 Å². The molecule has 0 amide bonds. The lowest BCUT2D eigenvalue weighted by atomic mass is 9.33. The van der Waals surface area contributed by atoms with Crippen molar-refractivity contribution in [1.29, 1.82) is 0 Å². The monoisotopic (exact) mass is 867 g/mol. The Bertz CT molecular complexity index is 3650. The van der Waals surface area contributed by atoms with Crippen molar-refractivity contribution in [2.24, 2.45) is 0 Å². The van der Waals surface area contributed by atoms with Crippen LogP contribution in [-0.2, 0) is 16.2 Å². The quantitative estimate of drug-likeness (QED) is 0.165. The molecule has 8 aromatic carbocycles. The predicted molar refractivity (Wildman–Crippen MR) is 284 cm³/mol. The van der Waals surface area contributed by atoms with Gasteiger partial charge < -0.3 is 18.8 Å². The van der Waals surface area contributed by atoms with Crippen molar-refractivity contribution < 1.29 is 4.42 Å². The smallest absolute Gasteiger partial charge is 0.252 e. The minimum atomic E-state index is -0.201. The summed E-state index contributed by atoms with van der Waals surface area (Å²) in [5.41, 5.74) is 24.4. The van der Waals surface area contributed by atoms with E-state index < -0.39 is 0 Å². The van der Waals surface area contributed by atoms with Crippen molar-refractivity contribution in [2.45, 2.75) is 78.6 Å². The molecule has 2 aliphatic heterocycles. The van der Waals surface area contributed by atoms with Gasteiger partial charge in [0, 0.05) is 67.1 Å². The Morgan fingerprint density at radius 2 is 1.15 bits per heavy atom. The van der Waals surface area contributed by atoms with Gasteiger partial charge in [0.05, 0.1) is 11.1 Å². The molecule has 0 fully saturated rings. The predicted octanol–water partition coefficient (Wildman–Crippen LogP) is 14.8. The molecule has 5 heteroatoms. The minimum Gasteiger partial charge on any atom is -0.456 e. The van der Waals surface area contributed by atoms with E-state index in [-0.39, 0.29) is 23.0 Å². The Kier molecular flexibility index (Phi) is 8.18. The number of hydrogen-bond acceptors (Lipinski definition) is 3. The molecule has 0 saturated carbocycles. The highest BCUT2D eigenvalue weighted by Crippen LogP contribution is 2.55. The first kappa shape index (κ1) is 40.1. The number of rotatable bonds is 4. The van der Waals surface area contributed by atoms with Gasteiger partial charge in [0.2, 0.25) is 0 Å². The Morgan fingerprint density at radius 1 is 0.537 bits per heavy atom. The zero-order chi connectivity index (χ0) is 45.9. The van der Waals surface area contributed by atoms with Crippen LogP contribution in [0.1, 0.15) is 83.3 Å².